The zero-order valence-corrected chi connectivity index (χ0v) is 15.4. The first-order valence-electron chi connectivity index (χ1n) is 9.87. The van der Waals surface area contributed by atoms with Gasteiger partial charge in [-0.15, -0.1) is 0 Å². The second kappa shape index (κ2) is 7.70. The Morgan fingerprint density at radius 1 is 1.15 bits per heavy atom. The summed E-state index contributed by atoms with van der Waals surface area (Å²) in [6, 6.07) is -0.298. The Morgan fingerprint density at radius 3 is 2.63 bits per heavy atom. The molecule has 1 heterocycles. The lowest BCUT2D eigenvalue weighted by atomic mass is 9.84. The molecule has 3 aliphatic carbocycles. The second-order valence-electron chi connectivity index (χ2n) is 7.86. The van der Waals surface area contributed by atoms with Gasteiger partial charge in [-0.05, 0) is 44.4 Å². The van der Waals surface area contributed by atoms with Gasteiger partial charge in [0.15, 0.2) is 0 Å². The number of ether oxygens (including phenoxy) is 2. The smallest absolute Gasteiger partial charge is 0.414 e. The monoisotopic (exact) mass is 374 g/mol. The molecule has 2 amide bonds. The van der Waals surface area contributed by atoms with Crippen LogP contribution in [0.1, 0.15) is 63.0 Å². The molecule has 4 rings (SSSR count). The number of nitrogens with two attached hydrogens (primary N) is 1. The van der Waals surface area contributed by atoms with Crippen molar-refractivity contribution >= 4 is 12.0 Å². The van der Waals surface area contributed by atoms with E-state index in [1.54, 1.807) is 0 Å². The Morgan fingerprint density at radius 2 is 1.93 bits per heavy atom. The molecule has 8 nitrogen and oxygen atoms in total. The fraction of sp³-hybridized carbons (Fsp3) is 0.684. The van der Waals surface area contributed by atoms with Crippen molar-refractivity contribution in [2.24, 2.45) is 17.6 Å². The van der Waals surface area contributed by atoms with Crippen LogP contribution in [0.3, 0.4) is 0 Å². The van der Waals surface area contributed by atoms with Crippen molar-refractivity contribution < 1.29 is 19.1 Å². The standard InChI is InChI=1S/C19H26N4O4/c20-17(24)13-3-1-2-4-14(13)22-19(25)27-15-9-21-16(12-7-8-12)18(23-15)26-10-11-5-6-11/h9,11-14H,1-8,10H2,(H2,20,24)(H,22,25)/t13-,14+/m0/s1. The number of hydrogen-bond acceptors (Lipinski definition) is 6. The fourth-order valence-electron chi connectivity index (χ4n) is 3.56. The van der Waals surface area contributed by atoms with Crippen LogP contribution in [0.2, 0.25) is 0 Å². The third kappa shape index (κ3) is 4.67. The van der Waals surface area contributed by atoms with E-state index in [1.807, 2.05) is 0 Å². The third-order valence-electron chi connectivity index (χ3n) is 5.49. The molecule has 0 spiro atoms. The molecule has 27 heavy (non-hydrogen) atoms. The molecule has 0 aliphatic heterocycles. The molecular weight excluding hydrogens is 348 g/mol. The van der Waals surface area contributed by atoms with Crippen LogP contribution in [-0.2, 0) is 4.79 Å². The fourth-order valence-corrected chi connectivity index (χ4v) is 3.56. The number of aromatic nitrogens is 2. The van der Waals surface area contributed by atoms with Crippen LogP contribution in [0.4, 0.5) is 4.79 Å². The molecule has 3 saturated carbocycles. The van der Waals surface area contributed by atoms with Crippen molar-refractivity contribution in [2.75, 3.05) is 6.61 Å². The summed E-state index contributed by atoms with van der Waals surface area (Å²) < 4.78 is 11.1. The Labute approximate surface area is 158 Å². The number of carbonyl (C=O) groups excluding carboxylic acids is 2. The lowest BCUT2D eigenvalue weighted by molar-refractivity contribution is -0.123. The summed E-state index contributed by atoms with van der Waals surface area (Å²) in [5.41, 5.74) is 6.30. The summed E-state index contributed by atoms with van der Waals surface area (Å²) >= 11 is 0. The number of hydrogen-bond donors (Lipinski definition) is 2. The van der Waals surface area contributed by atoms with Gasteiger partial charge in [-0.2, -0.15) is 4.98 Å². The average Bonchev–Trinajstić information content (AvgIpc) is 3.54. The predicted molar refractivity (Wildman–Crippen MR) is 96.3 cm³/mol. The molecule has 8 heteroatoms. The summed E-state index contributed by atoms with van der Waals surface area (Å²) in [4.78, 5) is 32.6. The van der Waals surface area contributed by atoms with Crippen molar-refractivity contribution in [2.45, 2.75) is 63.3 Å². The molecule has 0 saturated heterocycles. The molecule has 3 aliphatic rings. The van der Waals surface area contributed by atoms with Crippen molar-refractivity contribution in [1.29, 1.82) is 0 Å². The van der Waals surface area contributed by atoms with E-state index >= 15 is 0 Å². The molecule has 3 fully saturated rings. The lowest BCUT2D eigenvalue weighted by Crippen LogP contribution is -2.47. The highest BCUT2D eigenvalue weighted by molar-refractivity contribution is 5.79. The molecular formula is C19H26N4O4. The van der Waals surface area contributed by atoms with Crippen molar-refractivity contribution in [3.63, 3.8) is 0 Å². The van der Waals surface area contributed by atoms with Crippen LogP contribution in [0.25, 0.3) is 0 Å². The van der Waals surface area contributed by atoms with E-state index in [0.717, 1.165) is 31.4 Å². The highest BCUT2D eigenvalue weighted by Crippen LogP contribution is 2.43. The zero-order chi connectivity index (χ0) is 18.8. The Kier molecular flexibility index (Phi) is 5.13. The summed E-state index contributed by atoms with van der Waals surface area (Å²) in [6.45, 7) is 0.631. The van der Waals surface area contributed by atoms with Gasteiger partial charge in [-0.3, -0.25) is 4.79 Å². The molecule has 0 bridgehead atoms. The Balaban J connectivity index is 1.39. The minimum Gasteiger partial charge on any atom is -0.476 e. The summed E-state index contributed by atoms with van der Waals surface area (Å²) in [7, 11) is 0. The van der Waals surface area contributed by atoms with Gasteiger partial charge in [0.25, 0.3) is 0 Å². The molecule has 0 unspecified atom stereocenters. The molecule has 3 N–H and O–H groups in total. The number of nitrogens with one attached hydrogen (secondary N) is 1. The number of amides is 2. The van der Waals surface area contributed by atoms with Crippen molar-refractivity contribution in [3.8, 4) is 11.8 Å². The second-order valence-corrected chi connectivity index (χ2v) is 7.86. The SMILES string of the molecule is NC(=O)[C@H]1CCCC[C@H]1NC(=O)Oc1cnc(C2CC2)c(OCC2CC2)n1. The van der Waals surface area contributed by atoms with E-state index < -0.39 is 6.09 Å². The van der Waals surface area contributed by atoms with Gasteiger partial charge in [0.1, 0.15) is 5.69 Å². The number of rotatable bonds is 7. The van der Waals surface area contributed by atoms with Gasteiger partial charge in [0.2, 0.25) is 17.7 Å². The number of carbonyl (C=O) groups is 2. The van der Waals surface area contributed by atoms with E-state index in [4.69, 9.17) is 15.2 Å². The normalized spacial score (nSPS) is 24.9. The first-order valence-corrected chi connectivity index (χ1v) is 9.87. The molecule has 1 aromatic rings. The number of primary amides is 1. The van der Waals surface area contributed by atoms with Gasteiger partial charge in [-0.25, -0.2) is 9.78 Å². The first kappa shape index (κ1) is 18.0. The zero-order valence-electron chi connectivity index (χ0n) is 15.4. The molecule has 146 valence electrons. The topological polar surface area (TPSA) is 116 Å². The van der Waals surface area contributed by atoms with Crippen LogP contribution in [0, 0.1) is 11.8 Å². The maximum absolute atomic E-state index is 12.3. The van der Waals surface area contributed by atoms with Crippen molar-refractivity contribution in [1.82, 2.24) is 15.3 Å². The lowest BCUT2D eigenvalue weighted by Gasteiger charge is -2.29. The predicted octanol–water partition coefficient (Wildman–Crippen LogP) is 2.28. The van der Waals surface area contributed by atoms with E-state index in [2.05, 4.69) is 15.3 Å². The third-order valence-corrected chi connectivity index (χ3v) is 5.49. The Hall–Kier alpha value is -2.38. The van der Waals surface area contributed by atoms with Crippen LogP contribution in [0.15, 0.2) is 6.20 Å². The first-order chi connectivity index (χ1) is 13.1. The highest BCUT2D eigenvalue weighted by atomic mass is 16.6. The minimum absolute atomic E-state index is 0.106. The largest absolute Gasteiger partial charge is 0.476 e. The molecule has 0 radical (unpaired) electrons. The van der Waals surface area contributed by atoms with Gasteiger partial charge < -0.3 is 20.5 Å². The molecule has 2 atom stereocenters. The highest BCUT2D eigenvalue weighted by Gasteiger charge is 2.33. The van der Waals surface area contributed by atoms with E-state index in [0.29, 0.717) is 37.2 Å². The van der Waals surface area contributed by atoms with Crippen molar-refractivity contribution in [3.05, 3.63) is 11.9 Å². The maximum Gasteiger partial charge on any atom is 0.414 e. The summed E-state index contributed by atoms with van der Waals surface area (Å²) in [5.74, 6) is 0.838. The molecule has 1 aromatic heterocycles. The minimum atomic E-state index is -0.644. The Bertz CT molecular complexity index is 718. The van der Waals surface area contributed by atoms with E-state index in [-0.39, 0.29) is 23.7 Å². The van der Waals surface area contributed by atoms with Crippen LogP contribution in [0.5, 0.6) is 11.8 Å². The van der Waals surface area contributed by atoms with E-state index in [1.165, 1.54) is 19.0 Å². The van der Waals surface area contributed by atoms with Gasteiger partial charge >= 0.3 is 6.09 Å². The summed E-state index contributed by atoms with van der Waals surface area (Å²) in [5, 5.41) is 2.76. The van der Waals surface area contributed by atoms with Gasteiger partial charge in [0.05, 0.1) is 18.7 Å². The van der Waals surface area contributed by atoms with Crippen LogP contribution >= 0.6 is 0 Å². The van der Waals surface area contributed by atoms with Gasteiger partial charge in [-0.1, -0.05) is 12.8 Å². The number of nitrogens with zero attached hydrogens (tertiary/aromatic N) is 2. The van der Waals surface area contributed by atoms with Crippen LogP contribution in [-0.4, -0.2) is 34.6 Å². The van der Waals surface area contributed by atoms with E-state index in [9.17, 15) is 9.59 Å². The molecule has 0 aromatic carbocycles. The maximum atomic E-state index is 12.3. The average molecular weight is 374 g/mol. The van der Waals surface area contributed by atoms with Gasteiger partial charge in [0, 0.05) is 12.0 Å². The summed E-state index contributed by atoms with van der Waals surface area (Å²) in [6.07, 6.45) is 8.66. The van der Waals surface area contributed by atoms with Crippen LogP contribution < -0.4 is 20.5 Å². The quantitative estimate of drug-likeness (QED) is 0.756.